The summed E-state index contributed by atoms with van der Waals surface area (Å²) in [6.07, 6.45) is 8.37. The van der Waals surface area contributed by atoms with Crippen LogP contribution in [0.3, 0.4) is 0 Å². The molecule has 0 saturated heterocycles. The van der Waals surface area contributed by atoms with Gasteiger partial charge in [-0.1, -0.05) is 24.3 Å². The van der Waals surface area contributed by atoms with Gasteiger partial charge < -0.3 is 9.13 Å². The Balaban J connectivity index is 1.70. The third-order valence-electron chi connectivity index (χ3n) is 5.31. The quantitative estimate of drug-likeness (QED) is 0.336. The second-order valence-electron chi connectivity index (χ2n) is 6.85. The van der Waals surface area contributed by atoms with Crippen molar-refractivity contribution in [2.75, 3.05) is 0 Å². The molecule has 0 aliphatic heterocycles. The first-order valence-electron chi connectivity index (χ1n) is 8.86. The second-order valence-corrected chi connectivity index (χ2v) is 6.85. The minimum absolute atomic E-state index is 1.20. The summed E-state index contributed by atoms with van der Waals surface area (Å²) < 4.78 is 4.33. The number of aromatic nitrogens is 2. The minimum atomic E-state index is 1.20. The van der Waals surface area contributed by atoms with E-state index in [-0.39, 0.29) is 0 Å². The molecule has 4 aromatic carbocycles. The van der Waals surface area contributed by atoms with Crippen LogP contribution in [0.5, 0.6) is 0 Å². The molecule has 6 aromatic rings. The predicted octanol–water partition coefficient (Wildman–Crippen LogP) is 6.17. The molecule has 0 amide bonds. The fraction of sp³-hybridized carbons (Fsp3) is 0. The molecule has 0 fully saturated rings. The van der Waals surface area contributed by atoms with Gasteiger partial charge in [-0.3, -0.25) is 0 Å². The number of rotatable bonds is 2. The molecule has 0 atom stereocenters. The van der Waals surface area contributed by atoms with Crippen LogP contribution >= 0.6 is 0 Å². The maximum absolute atomic E-state index is 2.28. The van der Waals surface area contributed by atoms with Gasteiger partial charge in [-0.05, 0) is 80.8 Å². The lowest BCUT2D eigenvalue weighted by molar-refractivity contribution is 1.09. The highest BCUT2D eigenvalue weighted by Crippen LogP contribution is 2.37. The number of hydrogen-bond acceptors (Lipinski definition) is 0. The Labute approximate surface area is 150 Å². The van der Waals surface area contributed by atoms with Gasteiger partial charge in [0.15, 0.2) is 0 Å². The van der Waals surface area contributed by atoms with Gasteiger partial charge in [0.25, 0.3) is 0 Å². The number of benzene rings is 4. The van der Waals surface area contributed by atoms with Gasteiger partial charge in [-0.15, -0.1) is 0 Å². The van der Waals surface area contributed by atoms with Crippen molar-refractivity contribution in [3.8, 4) is 11.4 Å². The van der Waals surface area contributed by atoms with Crippen LogP contribution in [0.4, 0.5) is 0 Å². The Bertz CT molecular complexity index is 1180. The zero-order valence-corrected chi connectivity index (χ0v) is 14.1. The Morgan fingerprint density at radius 2 is 0.731 bits per heavy atom. The highest BCUT2D eigenvalue weighted by molar-refractivity contribution is 6.23. The molecule has 0 bridgehead atoms. The van der Waals surface area contributed by atoms with Gasteiger partial charge in [0.2, 0.25) is 0 Å². The highest BCUT2D eigenvalue weighted by atomic mass is 14.9. The van der Waals surface area contributed by atoms with E-state index in [0.29, 0.717) is 0 Å². The molecule has 0 spiro atoms. The fourth-order valence-electron chi connectivity index (χ4n) is 4.12. The zero-order valence-electron chi connectivity index (χ0n) is 14.1. The van der Waals surface area contributed by atoms with Gasteiger partial charge in [-0.25, -0.2) is 0 Å². The molecule has 6 rings (SSSR count). The van der Waals surface area contributed by atoms with Crippen molar-refractivity contribution < 1.29 is 0 Å². The molecule has 2 heteroatoms. The van der Waals surface area contributed by atoms with E-state index in [1.807, 2.05) is 0 Å². The monoisotopic (exact) mass is 332 g/mol. The SMILES string of the molecule is c1ccn(-c2cc3ccc4cc(-n5cccc5)cc5ccc(c2)c3c45)c1. The molecule has 0 saturated carbocycles. The maximum Gasteiger partial charge on any atom is 0.0461 e. The Morgan fingerprint density at radius 3 is 1.04 bits per heavy atom. The van der Waals surface area contributed by atoms with E-state index in [4.69, 9.17) is 0 Å². The van der Waals surface area contributed by atoms with Crippen LogP contribution in [0, 0.1) is 0 Å². The first-order chi connectivity index (χ1) is 12.9. The summed E-state index contributed by atoms with van der Waals surface area (Å²) in [6.45, 7) is 0. The standard InChI is InChI=1S/C24H16N2/c1-2-10-25(9-1)21-13-17-5-7-19-15-22(26-11-3-4-12-26)16-20-8-6-18(14-21)23(17)24(19)20/h1-16H. The predicted molar refractivity (Wildman–Crippen MR) is 109 cm³/mol. The van der Waals surface area contributed by atoms with Gasteiger partial charge in [0, 0.05) is 36.2 Å². The van der Waals surface area contributed by atoms with Crippen molar-refractivity contribution in [3.05, 3.63) is 97.6 Å². The lowest BCUT2D eigenvalue weighted by atomic mass is 9.93. The molecular formula is C24H16N2. The van der Waals surface area contributed by atoms with Gasteiger partial charge in [0.05, 0.1) is 0 Å². The summed E-state index contributed by atoms with van der Waals surface area (Å²) in [5, 5.41) is 7.87. The molecule has 122 valence electrons. The van der Waals surface area contributed by atoms with E-state index in [1.165, 1.54) is 43.7 Å². The zero-order chi connectivity index (χ0) is 17.1. The largest absolute Gasteiger partial charge is 0.324 e. The summed E-state index contributed by atoms with van der Waals surface area (Å²) in [7, 11) is 0. The van der Waals surface area contributed by atoms with Crippen LogP contribution in [0.15, 0.2) is 97.6 Å². The molecular weight excluding hydrogens is 316 g/mol. The third-order valence-corrected chi connectivity index (χ3v) is 5.31. The van der Waals surface area contributed by atoms with E-state index in [2.05, 4.69) is 107 Å². The topological polar surface area (TPSA) is 9.86 Å². The van der Waals surface area contributed by atoms with Gasteiger partial charge in [-0.2, -0.15) is 0 Å². The molecule has 26 heavy (non-hydrogen) atoms. The van der Waals surface area contributed by atoms with Crippen LogP contribution in [-0.2, 0) is 0 Å². The third kappa shape index (κ3) is 1.87. The van der Waals surface area contributed by atoms with E-state index in [9.17, 15) is 0 Å². The van der Waals surface area contributed by atoms with Crippen LogP contribution in [0.1, 0.15) is 0 Å². The van der Waals surface area contributed by atoms with Crippen molar-refractivity contribution in [1.82, 2.24) is 9.13 Å². The van der Waals surface area contributed by atoms with Crippen LogP contribution in [0.25, 0.3) is 43.7 Å². The molecule has 2 heterocycles. The number of hydrogen-bond donors (Lipinski definition) is 0. The Morgan fingerprint density at radius 1 is 0.423 bits per heavy atom. The molecule has 0 aliphatic rings. The summed E-state index contributed by atoms with van der Waals surface area (Å²) in [5.41, 5.74) is 2.41. The summed E-state index contributed by atoms with van der Waals surface area (Å²) in [5.74, 6) is 0. The van der Waals surface area contributed by atoms with Crippen LogP contribution in [0.2, 0.25) is 0 Å². The van der Waals surface area contributed by atoms with E-state index >= 15 is 0 Å². The van der Waals surface area contributed by atoms with Crippen LogP contribution in [-0.4, -0.2) is 9.13 Å². The first-order valence-corrected chi connectivity index (χ1v) is 8.86. The number of nitrogens with zero attached hydrogens (tertiary/aromatic N) is 2. The molecule has 0 aliphatic carbocycles. The summed E-state index contributed by atoms with van der Waals surface area (Å²) in [6, 6.07) is 26.4. The minimum Gasteiger partial charge on any atom is -0.324 e. The lowest BCUT2D eigenvalue weighted by Crippen LogP contribution is -1.93. The van der Waals surface area contributed by atoms with Crippen molar-refractivity contribution in [3.63, 3.8) is 0 Å². The second kappa shape index (κ2) is 4.99. The first kappa shape index (κ1) is 13.7. The molecule has 0 radical (unpaired) electrons. The lowest BCUT2D eigenvalue weighted by Gasteiger charge is -2.15. The van der Waals surface area contributed by atoms with Crippen LogP contribution < -0.4 is 0 Å². The molecule has 2 nitrogen and oxygen atoms in total. The maximum atomic E-state index is 2.28. The Kier molecular flexibility index (Phi) is 2.64. The van der Waals surface area contributed by atoms with E-state index in [0.717, 1.165) is 0 Å². The average Bonchev–Trinajstić information content (AvgIpc) is 3.39. The van der Waals surface area contributed by atoms with Crippen molar-refractivity contribution in [2.24, 2.45) is 0 Å². The van der Waals surface area contributed by atoms with Crippen molar-refractivity contribution in [1.29, 1.82) is 0 Å². The fourth-order valence-corrected chi connectivity index (χ4v) is 4.12. The molecule has 0 N–H and O–H groups in total. The van der Waals surface area contributed by atoms with E-state index in [1.54, 1.807) is 0 Å². The highest BCUT2D eigenvalue weighted by Gasteiger charge is 2.11. The van der Waals surface area contributed by atoms with Crippen molar-refractivity contribution >= 4 is 32.3 Å². The smallest absolute Gasteiger partial charge is 0.0461 e. The van der Waals surface area contributed by atoms with Gasteiger partial charge in [0.1, 0.15) is 0 Å². The normalized spacial score (nSPS) is 11.8. The van der Waals surface area contributed by atoms with E-state index < -0.39 is 0 Å². The molecule has 2 aromatic heterocycles. The summed E-state index contributed by atoms with van der Waals surface area (Å²) >= 11 is 0. The molecule has 0 unspecified atom stereocenters. The summed E-state index contributed by atoms with van der Waals surface area (Å²) in [4.78, 5) is 0. The average molecular weight is 332 g/mol. The van der Waals surface area contributed by atoms with Gasteiger partial charge >= 0.3 is 0 Å². The Hall–Kier alpha value is -3.52. The van der Waals surface area contributed by atoms with Crippen molar-refractivity contribution in [2.45, 2.75) is 0 Å².